The molecule has 0 aliphatic carbocycles. The van der Waals surface area contributed by atoms with Crippen molar-refractivity contribution < 1.29 is 5.11 Å². The highest BCUT2D eigenvalue weighted by molar-refractivity contribution is 5.72. The van der Waals surface area contributed by atoms with Crippen molar-refractivity contribution >= 4 is 0 Å². The zero-order valence-electron chi connectivity index (χ0n) is 19.6. The van der Waals surface area contributed by atoms with E-state index in [9.17, 15) is 5.11 Å². The van der Waals surface area contributed by atoms with Gasteiger partial charge in [0.1, 0.15) is 11.6 Å². The van der Waals surface area contributed by atoms with Crippen LogP contribution < -0.4 is 10.6 Å². The maximum atomic E-state index is 9.84. The van der Waals surface area contributed by atoms with Crippen LogP contribution >= 0.6 is 0 Å². The molecule has 1 saturated heterocycles. The highest BCUT2D eigenvalue weighted by atomic mass is 16.3. The summed E-state index contributed by atoms with van der Waals surface area (Å²) in [5.41, 5.74) is 7.04. The molecule has 0 amide bonds. The van der Waals surface area contributed by atoms with Crippen LogP contribution in [-0.4, -0.2) is 38.1 Å². The van der Waals surface area contributed by atoms with Gasteiger partial charge in [-0.05, 0) is 49.0 Å². The fraction of sp³-hybridized carbons (Fsp3) is 0.333. The molecule has 0 saturated carbocycles. The second-order valence-electron chi connectivity index (χ2n) is 8.83. The summed E-state index contributed by atoms with van der Waals surface area (Å²) in [6, 6.07) is 17.1. The lowest BCUT2D eigenvalue weighted by Crippen LogP contribution is -2.14. The van der Waals surface area contributed by atoms with Crippen LogP contribution in [0.5, 0.6) is 0 Å². The number of aromatic nitrogens is 4. The normalized spacial score (nSPS) is 15.8. The van der Waals surface area contributed by atoms with Gasteiger partial charge in [0, 0.05) is 5.56 Å². The van der Waals surface area contributed by atoms with Crippen LogP contribution in [0.1, 0.15) is 49.6 Å². The Kier molecular flexibility index (Phi) is 6.85. The molecule has 2 aromatic heterocycles. The Morgan fingerprint density at radius 3 is 2.32 bits per heavy atom. The number of hydrogen-bond acceptors (Lipinski definition) is 5. The number of nitrogens with one attached hydrogen (secondary N) is 4. The fourth-order valence-electron chi connectivity index (χ4n) is 4.51. The molecule has 176 valence electrons. The predicted octanol–water partition coefficient (Wildman–Crippen LogP) is 4.55. The number of hydrogen-bond donors (Lipinski definition) is 5. The molecule has 3 heterocycles. The van der Waals surface area contributed by atoms with Gasteiger partial charge >= 0.3 is 0 Å². The van der Waals surface area contributed by atoms with Gasteiger partial charge in [-0.15, -0.1) is 0 Å². The van der Waals surface area contributed by atoms with Gasteiger partial charge in [0.15, 0.2) is 0 Å². The maximum Gasteiger partial charge on any atom is 0.124 e. The number of aliphatic hydroxyl groups is 1. The third-order valence-electron chi connectivity index (χ3n) is 6.38. The highest BCUT2D eigenvalue weighted by Crippen LogP contribution is 2.30. The van der Waals surface area contributed by atoms with Crippen LogP contribution in [-0.2, 0) is 13.2 Å². The SMILES string of the molecule is CCCNCc1ncc(-c2ccc(-c3ccc(-c4nc([C@@H]5CCCN5)[nH]c4CO)cc3)cc2)[nH]1. The minimum atomic E-state index is -0.0533. The molecule has 2 aromatic carbocycles. The summed E-state index contributed by atoms with van der Waals surface area (Å²) in [5, 5.41) is 16.7. The average Bonchev–Trinajstić information content (AvgIpc) is 3.65. The number of rotatable bonds is 9. The summed E-state index contributed by atoms with van der Waals surface area (Å²) in [6.45, 7) is 4.86. The van der Waals surface area contributed by atoms with Gasteiger partial charge in [-0.2, -0.15) is 0 Å². The van der Waals surface area contributed by atoms with Crippen LogP contribution in [0, 0.1) is 0 Å². The van der Waals surface area contributed by atoms with Crippen molar-refractivity contribution in [1.29, 1.82) is 0 Å². The number of H-pyrrole nitrogens is 2. The monoisotopic (exact) mass is 456 g/mol. The molecule has 0 bridgehead atoms. The quantitative estimate of drug-likeness (QED) is 0.238. The van der Waals surface area contributed by atoms with E-state index in [1.54, 1.807) is 0 Å². The summed E-state index contributed by atoms with van der Waals surface area (Å²) in [6.07, 6.45) is 5.23. The third kappa shape index (κ3) is 4.82. The van der Waals surface area contributed by atoms with Crippen molar-refractivity contribution in [2.24, 2.45) is 0 Å². The Labute approximate surface area is 200 Å². The first kappa shape index (κ1) is 22.5. The first-order chi connectivity index (χ1) is 16.7. The van der Waals surface area contributed by atoms with E-state index in [-0.39, 0.29) is 12.6 Å². The molecule has 5 N–H and O–H groups in total. The largest absolute Gasteiger partial charge is 0.390 e. The van der Waals surface area contributed by atoms with Crippen LogP contribution in [0.2, 0.25) is 0 Å². The molecule has 0 unspecified atom stereocenters. The number of aromatic amines is 2. The van der Waals surface area contributed by atoms with E-state index in [1.807, 2.05) is 6.20 Å². The minimum absolute atomic E-state index is 0.0533. The molecule has 5 rings (SSSR count). The first-order valence-electron chi connectivity index (χ1n) is 12.1. The van der Waals surface area contributed by atoms with Crippen molar-refractivity contribution in [3.05, 3.63) is 72.1 Å². The molecule has 1 fully saturated rings. The second kappa shape index (κ2) is 10.3. The second-order valence-corrected chi connectivity index (χ2v) is 8.83. The summed E-state index contributed by atoms with van der Waals surface area (Å²) in [5.74, 6) is 1.87. The molecule has 34 heavy (non-hydrogen) atoms. The molecular formula is C27H32N6O. The lowest BCUT2D eigenvalue weighted by Gasteiger charge is -2.06. The van der Waals surface area contributed by atoms with E-state index in [2.05, 4.69) is 81.0 Å². The van der Waals surface area contributed by atoms with Crippen molar-refractivity contribution in [3.63, 3.8) is 0 Å². The summed E-state index contributed by atoms with van der Waals surface area (Å²) < 4.78 is 0. The molecule has 1 aliphatic rings. The van der Waals surface area contributed by atoms with Crippen LogP contribution in [0.4, 0.5) is 0 Å². The van der Waals surface area contributed by atoms with Gasteiger partial charge in [0.25, 0.3) is 0 Å². The Morgan fingerprint density at radius 1 is 0.971 bits per heavy atom. The van der Waals surface area contributed by atoms with Crippen molar-refractivity contribution in [1.82, 2.24) is 30.6 Å². The predicted molar refractivity (Wildman–Crippen MR) is 135 cm³/mol. The Hall–Kier alpha value is -3.26. The van der Waals surface area contributed by atoms with Gasteiger partial charge in [0.05, 0.1) is 42.5 Å². The molecule has 7 heteroatoms. The summed E-state index contributed by atoms with van der Waals surface area (Å²) in [4.78, 5) is 16.0. The van der Waals surface area contributed by atoms with Crippen molar-refractivity contribution in [3.8, 4) is 33.6 Å². The lowest BCUT2D eigenvalue weighted by molar-refractivity contribution is 0.277. The summed E-state index contributed by atoms with van der Waals surface area (Å²) >= 11 is 0. The molecule has 1 aliphatic heterocycles. The Bertz CT molecular complexity index is 1200. The number of imidazole rings is 2. The van der Waals surface area contributed by atoms with Gasteiger partial charge in [-0.25, -0.2) is 9.97 Å². The smallest absolute Gasteiger partial charge is 0.124 e. The lowest BCUT2D eigenvalue weighted by atomic mass is 10.0. The molecule has 0 spiro atoms. The zero-order valence-corrected chi connectivity index (χ0v) is 19.6. The van der Waals surface area contributed by atoms with E-state index in [4.69, 9.17) is 4.98 Å². The van der Waals surface area contributed by atoms with Gasteiger partial charge in [-0.1, -0.05) is 55.5 Å². The summed E-state index contributed by atoms with van der Waals surface area (Å²) in [7, 11) is 0. The van der Waals surface area contributed by atoms with E-state index < -0.39 is 0 Å². The van der Waals surface area contributed by atoms with Gasteiger partial charge in [-0.3, -0.25) is 0 Å². The van der Waals surface area contributed by atoms with Crippen LogP contribution in [0.15, 0.2) is 54.7 Å². The molecule has 1 atom stereocenters. The molecule has 4 aromatic rings. The van der Waals surface area contributed by atoms with E-state index in [0.717, 1.165) is 89.9 Å². The number of benzene rings is 2. The highest BCUT2D eigenvalue weighted by Gasteiger charge is 2.22. The van der Waals surface area contributed by atoms with Crippen LogP contribution in [0.25, 0.3) is 33.6 Å². The fourth-order valence-corrected chi connectivity index (χ4v) is 4.51. The molecular weight excluding hydrogens is 424 g/mol. The van der Waals surface area contributed by atoms with Crippen LogP contribution in [0.3, 0.4) is 0 Å². The van der Waals surface area contributed by atoms with Crippen molar-refractivity contribution in [2.75, 3.05) is 13.1 Å². The van der Waals surface area contributed by atoms with E-state index in [0.29, 0.717) is 0 Å². The van der Waals surface area contributed by atoms with Crippen molar-refractivity contribution in [2.45, 2.75) is 45.4 Å². The minimum Gasteiger partial charge on any atom is -0.390 e. The molecule has 7 nitrogen and oxygen atoms in total. The number of aliphatic hydroxyl groups excluding tert-OH is 1. The Morgan fingerprint density at radius 2 is 1.68 bits per heavy atom. The Balaban J connectivity index is 1.30. The first-order valence-corrected chi connectivity index (χ1v) is 12.1. The zero-order chi connectivity index (χ0) is 23.3. The number of nitrogens with zero attached hydrogens (tertiary/aromatic N) is 2. The topological polar surface area (TPSA) is 102 Å². The molecule has 0 radical (unpaired) electrons. The standard InChI is InChI=1S/C27H32N6O/c1-2-13-28-16-25-30-15-23(31-25)20-9-5-18(6-10-20)19-7-11-21(12-8-19)26-24(17-34)32-27(33-26)22-4-3-14-29-22/h5-12,15,22,28-29,34H,2-4,13-14,16-17H2,1H3,(H,30,31)(H,32,33)/t22-/m0/s1. The van der Waals surface area contributed by atoms with Gasteiger partial charge in [0.2, 0.25) is 0 Å². The van der Waals surface area contributed by atoms with E-state index in [1.165, 1.54) is 0 Å². The van der Waals surface area contributed by atoms with Gasteiger partial charge < -0.3 is 25.7 Å². The maximum absolute atomic E-state index is 9.84. The van der Waals surface area contributed by atoms with E-state index >= 15 is 0 Å². The average molecular weight is 457 g/mol. The third-order valence-corrected chi connectivity index (χ3v) is 6.38.